The summed E-state index contributed by atoms with van der Waals surface area (Å²) in [6, 6.07) is 0. The molecule has 0 aromatic rings. The van der Waals surface area contributed by atoms with Gasteiger partial charge in [-0.05, 0) is 33.6 Å². The molecule has 0 radical (unpaired) electrons. The second-order valence-electron chi connectivity index (χ2n) is 3.38. The van der Waals surface area contributed by atoms with Crippen LogP contribution >= 0.6 is 0 Å². The maximum atomic E-state index is 9.49. The zero-order chi connectivity index (χ0) is 10.9. The Morgan fingerprint density at radius 3 is 2.15 bits per heavy atom. The summed E-state index contributed by atoms with van der Waals surface area (Å²) in [7, 11) is 0. The molecule has 0 amide bonds. The molecule has 0 aromatic carbocycles. The number of rotatable bonds is 4. The molecule has 0 aliphatic rings. The first-order valence-electron chi connectivity index (χ1n) is 4.47. The van der Waals surface area contributed by atoms with E-state index in [0.29, 0.717) is 0 Å². The Hall–Kier alpha value is -0.820. The van der Waals surface area contributed by atoms with Crippen molar-refractivity contribution >= 4 is 0 Å². The summed E-state index contributed by atoms with van der Waals surface area (Å²) in [5, 5.41) is 9.49. The third-order valence-corrected chi connectivity index (χ3v) is 1.64. The molecule has 0 saturated carbocycles. The highest BCUT2D eigenvalue weighted by Gasteiger charge is 2.12. The maximum absolute atomic E-state index is 9.49. The van der Waals surface area contributed by atoms with Crippen LogP contribution in [0.4, 0.5) is 0 Å². The second-order valence-corrected chi connectivity index (χ2v) is 3.38. The van der Waals surface area contributed by atoms with Crippen LogP contribution in [-0.4, -0.2) is 10.7 Å². The molecule has 0 bridgehead atoms. The third-order valence-electron chi connectivity index (χ3n) is 1.64. The average Bonchev–Trinajstić information content (AvgIpc) is 2.07. The lowest BCUT2D eigenvalue weighted by Gasteiger charge is -2.16. The summed E-state index contributed by atoms with van der Waals surface area (Å²) in [6.45, 7) is 15.5. The molecule has 1 unspecified atom stereocenters. The van der Waals surface area contributed by atoms with E-state index in [2.05, 4.69) is 39.7 Å². The van der Waals surface area contributed by atoms with Crippen LogP contribution in [0.1, 0.15) is 33.6 Å². The van der Waals surface area contributed by atoms with Crippen LogP contribution in [0.25, 0.3) is 0 Å². The van der Waals surface area contributed by atoms with Crippen LogP contribution in [-0.2, 0) is 0 Å². The van der Waals surface area contributed by atoms with Crippen molar-refractivity contribution in [2.75, 3.05) is 0 Å². The van der Waals surface area contributed by atoms with Crippen molar-refractivity contribution in [1.29, 1.82) is 0 Å². The Balaban J connectivity index is 0. The molecule has 0 rings (SSSR count). The third kappa shape index (κ3) is 11.2. The minimum atomic E-state index is -0.702. The Morgan fingerprint density at radius 2 is 1.85 bits per heavy atom. The standard InChI is InChI=1S/C10H18O.C2H4/c1-5-10(4,11)8-6-7-9(2)3;1-2/h5,7,11H,1,6,8H2,2-4H3;1-2H2. The van der Waals surface area contributed by atoms with E-state index in [4.69, 9.17) is 0 Å². The predicted molar refractivity (Wildman–Crippen MR) is 60.7 cm³/mol. The van der Waals surface area contributed by atoms with Crippen molar-refractivity contribution < 1.29 is 5.11 Å². The van der Waals surface area contributed by atoms with Crippen molar-refractivity contribution in [3.05, 3.63) is 37.5 Å². The highest BCUT2D eigenvalue weighted by Crippen LogP contribution is 2.13. The zero-order valence-electron chi connectivity index (χ0n) is 9.14. The monoisotopic (exact) mass is 182 g/mol. The van der Waals surface area contributed by atoms with Gasteiger partial charge in [0.25, 0.3) is 0 Å². The Kier molecular flexibility index (Phi) is 8.83. The van der Waals surface area contributed by atoms with Gasteiger partial charge < -0.3 is 5.11 Å². The highest BCUT2D eigenvalue weighted by atomic mass is 16.3. The van der Waals surface area contributed by atoms with Gasteiger partial charge in [0.2, 0.25) is 0 Å². The van der Waals surface area contributed by atoms with Gasteiger partial charge in [-0.25, -0.2) is 0 Å². The zero-order valence-corrected chi connectivity index (χ0v) is 9.14. The van der Waals surface area contributed by atoms with Crippen LogP contribution in [0, 0.1) is 0 Å². The fraction of sp³-hybridized carbons (Fsp3) is 0.500. The summed E-state index contributed by atoms with van der Waals surface area (Å²) in [6.07, 6.45) is 5.38. The minimum absolute atomic E-state index is 0.702. The second kappa shape index (κ2) is 7.81. The summed E-state index contributed by atoms with van der Waals surface area (Å²) < 4.78 is 0. The fourth-order valence-electron chi connectivity index (χ4n) is 0.755. The quantitative estimate of drug-likeness (QED) is 0.660. The van der Waals surface area contributed by atoms with Crippen molar-refractivity contribution in [1.82, 2.24) is 0 Å². The Labute approximate surface area is 82.5 Å². The molecule has 0 fully saturated rings. The first kappa shape index (κ1) is 14.7. The lowest BCUT2D eigenvalue weighted by atomic mass is 10.00. The molecular weight excluding hydrogens is 160 g/mol. The van der Waals surface area contributed by atoms with Gasteiger partial charge in [-0.3, -0.25) is 0 Å². The number of aliphatic hydroxyl groups is 1. The maximum Gasteiger partial charge on any atom is 0.0800 e. The van der Waals surface area contributed by atoms with Crippen molar-refractivity contribution in [3.63, 3.8) is 0 Å². The molecule has 76 valence electrons. The van der Waals surface area contributed by atoms with Gasteiger partial charge in [0.1, 0.15) is 0 Å². The topological polar surface area (TPSA) is 20.2 Å². The van der Waals surface area contributed by atoms with E-state index in [9.17, 15) is 5.11 Å². The van der Waals surface area contributed by atoms with Crippen molar-refractivity contribution in [2.45, 2.75) is 39.2 Å². The Bertz CT molecular complexity index is 162. The first-order chi connectivity index (χ1) is 5.98. The van der Waals surface area contributed by atoms with E-state index < -0.39 is 5.60 Å². The van der Waals surface area contributed by atoms with Gasteiger partial charge in [0, 0.05) is 0 Å². The molecule has 0 aliphatic carbocycles. The van der Waals surface area contributed by atoms with E-state index in [-0.39, 0.29) is 0 Å². The van der Waals surface area contributed by atoms with Gasteiger partial charge in [-0.2, -0.15) is 0 Å². The van der Waals surface area contributed by atoms with E-state index in [0.717, 1.165) is 12.8 Å². The van der Waals surface area contributed by atoms with Crippen molar-refractivity contribution in [3.8, 4) is 0 Å². The van der Waals surface area contributed by atoms with E-state index in [1.54, 1.807) is 13.0 Å². The molecule has 13 heavy (non-hydrogen) atoms. The average molecular weight is 182 g/mol. The van der Waals surface area contributed by atoms with Crippen LogP contribution in [0.2, 0.25) is 0 Å². The van der Waals surface area contributed by atoms with Gasteiger partial charge >= 0.3 is 0 Å². The Morgan fingerprint density at radius 1 is 1.38 bits per heavy atom. The molecule has 0 saturated heterocycles. The summed E-state index contributed by atoms with van der Waals surface area (Å²) in [4.78, 5) is 0. The summed E-state index contributed by atoms with van der Waals surface area (Å²) in [5.74, 6) is 0. The normalized spacial score (nSPS) is 13.2. The summed E-state index contributed by atoms with van der Waals surface area (Å²) >= 11 is 0. The molecule has 0 aliphatic heterocycles. The molecule has 1 heteroatoms. The van der Waals surface area contributed by atoms with Gasteiger partial charge in [-0.1, -0.05) is 17.7 Å². The smallest absolute Gasteiger partial charge is 0.0800 e. The molecule has 0 aromatic heterocycles. The largest absolute Gasteiger partial charge is 0.386 e. The molecule has 0 spiro atoms. The van der Waals surface area contributed by atoms with Crippen LogP contribution in [0.15, 0.2) is 37.5 Å². The lowest BCUT2D eigenvalue weighted by molar-refractivity contribution is 0.103. The molecular formula is C12H22O. The van der Waals surface area contributed by atoms with E-state index in [1.165, 1.54) is 5.57 Å². The minimum Gasteiger partial charge on any atom is -0.386 e. The number of hydrogen-bond acceptors (Lipinski definition) is 1. The van der Waals surface area contributed by atoms with Gasteiger partial charge in [-0.15, -0.1) is 19.7 Å². The lowest BCUT2D eigenvalue weighted by Crippen LogP contribution is -2.19. The summed E-state index contributed by atoms with van der Waals surface area (Å²) in [5.41, 5.74) is 0.594. The molecule has 0 heterocycles. The van der Waals surface area contributed by atoms with E-state index in [1.807, 2.05) is 0 Å². The van der Waals surface area contributed by atoms with Crippen LogP contribution < -0.4 is 0 Å². The van der Waals surface area contributed by atoms with Crippen LogP contribution in [0.3, 0.4) is 0 Å². The number of hydrogen-bond donors (Lipinski definition) is 1. The van der Waals surface area contributed by atoms with Gasteiger partial charge in [0.15, 0.2) is 0 Å². The first-order valence-corrected chi connectivity index (χ1v) is 4.47. The molecule has 1 atom stereocenters. The molecule has 1 nitrogen and oxygen atoms in total. The predicted octanol–water partition coefficient (Wildman–Crippen LogP) is 3.47. The fourth-order valence-corrected chi connectivity index (χ4v) is 0.755. The number of allylic oxidation sites excluding steroid dienone is 2. The van der Waals surface area contributed by atoms with Crippen LogP contribution in [0.5, 0.6) is 0 Å². The SMILES string of the molecule is C=C.C=CC(C)(O)CCC=C(C)C. The molecule has 1 N–H and O–H groups in total. The van der Waals surface area contributed by atoms with Crippen molar-refractivity contribution in [2.24, 2.45) is 0 Å². The van der Waals surface area contributed by atoms with E-state index >= 15 is 0 Å². The highest BCUT2D eigenvalue weighted by molar-refractivity contribution is 4.97. The van der Waals surface area contributed by atoms with Gasteiger partial charge in [0.05, 0.1) is 5.60 Å².